The highest BCUT2D eigenvalue weighted by molar-refractivity contribution is 7.80. The second-order valence-electron chi connectivity index (χ2n) is 3.29. The van der Waals surface area contributed by atoms with Crippen molar-refractivity contribution in [2.75, 3.05) is 20.3 Å². The predicted octanol–water partition coefficient (Wildman–Crippen LogP) is 0.791. The van der Waals surface area contributed by atoms with Gasteiger partial charge >= 0.3 is 0 Å². The Labute approximate surface area is 105 Å². The van der Waals surface area contributed by atoms with E-state index in [1.165, 1.54) is 19.2 Å². The zero-order valence-corrected chi connectivity index (χ0v) is 10.3. The van der Waals surface area contributed by atoms with E-state index in [-0.39, 0.29) is 12.4 Å². The van der Waals surface area contributed by atoms with Crippen molar-refractivity contribution in [3.63, 3.8) is 0 Å². The van der Waals surface area contributed by atoms with Gasteiger partial charge < -0.3 is 20.5 Å². The second kappa shape index (κ2) is 7.03. The summed E-state index contributed by atoms with van der Waals surface area (Å²) in [7, 11) is 1.53. The monoisotopic (exact) mass is 258 g/mol. The molecule has 17 heavy (non-hydrogen) atoms. The number of ether oxygens (including phenoxy) is 1. The molecule has 0 spiro atoms. The van der Waals surface area contributed by atoms with E-state index in [2.05, 4.69) is 10.6 Å². The predicted molar refractivity (Wildman–Crippen MR) is 67.5 cm³/mol. The third-order valence-electron chi connectivity index (χ3n) is 2.08. The fourth-order valence-electron chi connectivity index (χ4n) is 1.29. The number of methoxy groups -OCH3 is 1. The molecule has 0 fully saturated rings. The summed E-state index contributed by atoms with van der Waals surface area (Å²) in [5.41, 5.74) is 0.681. The molecule has 3 N–H and O–H groups in total. The van der Waals surface area contributed by atoms with Crippen molar-refractivity contribution in [2.45, 2.75) is 6.54 Å². The van der Waals surface area contributed by atoms with Crippen LogP contribution in [0.3, 0.4) is 0 Å². The van der Waals surface area contributed by atoms with Crippen LogP contribution >= 0.6 is 12.2 Å². The largest absolute Gasteiger partial charge is 0.496 e. The number of benzene rings is 1. The van der Waals surface area contributed by atoms with Crippen molar-refractivity contribution in [3.05, 3.63) is 29.6 Å². The fourth-order valence-corrected chi connectivity index (χ4v) is 1.47. The van der Waals surface area contributed by atoms with Gasteiger partial charge in [0.05, 0.1) is 13.7 Å². The lowest BCUT2D eigenvalue weighted by Crippen LogP contribution is -2.36. The molecule has 0 saturated carbocycles. The van der Waals surface area contributed by atoms with Crippen LogP contribution in [0.25, 0.3) is 0 Å². The highest BCUT2D eigenvalue weighted by Gasteiger charge is 2.05. The Hall–Kier alpha value is -1.40. The first-order valence-corrected chi connectivity index (χ1v) is 5.53. The summed E-state index contributed by atoms with van der Waals surface area (Å²) < 4.78 is 18.1. The molecule has 0 saturated heterocycles. The normalized spacial score (nSPS) is 9.82. The van der Waals surface area contributed by atoms with Crippen LogP contribution in [-0.2, 0) is 6.54 Å². The number of thiocarbonyl (C=S) groups is 1. The molecule has 0 aliphatic carbocycles. The first-order valence-electron chi connectivity index (χ1n) is 5.12. The number of nitrogens with one attached hydrogen (secondary N) is 2. The number of rotatable bonds is 5. The maximum atomic E-state index is 13.0. The third-order valence-corrected chi connectivity index (χ3v) is 2.37. The Morgan fingerprint density at radius 3 is 2.88 bits per heavy atom. The van der Waals surface area contributed by atoms with Gasteiger partial charge in [-0.25, -0.2) is 4.39 Å². The van der Waals surface area contributed by atoms with Gasteiger partial charge in [0.2, 0.25) is 0 Å². The van der Waals surface area contributed by atoms with Gasteiger partial charge in [0.1, 0.15) is 11.6 Å². The van der Waals surface area contributed by atoms with Gasteiger partial charge in [0, 0.05) is 18.7 Å². The maximum Gasteiger partial charge on any atom is 0.166 e. The Balaban J connectivity index is 2.56. The molecule has 94 valence electrons. The number of hydrogen-bond acceptors (Lipinski definition) is 3. The van der Waals surface area contributed by atoms with Gasteiger partial charge in [-0.2, -0.15) is 0 Å². The number of aliphatic hydroxyl groups excluding tert-OH is 1. The zero-order chi connectivity index (χ0) is 12.7. The smallest absolute Gasteiger partial charge is 0.166 e. The average Bonchev–Trinajstić information content (AvgIpc) is 2.34. The molecule has 0 aliphatic heterocycles. The van der Waals surface area contributed by atoms with Crippen LogP contribution in [0, 0.1) is 5.82 Å². The molecule has 0 aliphatic rings. The van der Waals surface area contributed by atoms with E-state index < -0.39 is 0 Å². The lowest BCUT2D eigenvalue weighted by molar-refractivity contribution is 0.300. The van der Waals surface area contributed by atoms with E-state index in [4.69, 9.17) is 22.1 Å². The van der Waals surface area contributed by atoms with E-state index in [1.807, 2.05) is 0 Å². The molecule has 0 aromatic heterocycles. The Bertz CT molecular complexity index is 388. The Kier molecular flexibility index (Phi) is 5.65. The lowest BCUT2D eigenvalue weighted by atomic mass is 10.2. The van der Waals surface area contributed by atoms with Crippen molar-refractivity contribution < 1.29 is 14.2 Å². The molecule has 4 nitrogen and oxygen atoms in total. The third kappa shape index (κ3) is 4.54. The standard InChI is InChI=1S/C11H15FN2O2S/c1-16-10-3-2-9(12)6-8(10)7-14-11(17)13-4-5-15/h2-3,6,15H,4-5,7H2,1H3,(H2,13,14,17). The van der Waals surface area contributed by atoms with E-state index in [1.54, 1.807) is 6.07 Å². The van der Waals surface area contributed by atoms with Crippen LogP contribution in [0.5, 0.6) is 5.75 Å². The molecule has 1 rings (SSSR count). The summed E-state index contributed by atoms with van der Waals surface area (Å²) in [4.78, 5) is 0. The quantitative estimate of drug-likeness (QED) is 0.682. The van der Waals surface area contributed by atoms with Crippen molar-refractivity contribution in [1.82, 2.24) is 10.6 Å². The maximum absolute atomic E-state index is 13.0. The summed E-state index contributed by atoms with van der Waals surface area (Å²) in [6, 6.07) is 4.29. The summed E-state index contributed by atoms with van der Waals surface area (Å²) in [5, 5.41) is 14.7. The van der Waals surface area contributed by atoms with E-state index in [0.717, 1.165) is 0 Å². The molecule has 0 unspecified atom stereocenters. The summed E-state index contributed by atoms with van der Waals surface area (Å²) in [5.74, 6) is 0.278. The van der Waals surface area contributed by atoms with Crippen molar-refractivity contribution in [3.8, 4) is 5.75 Å². The van der Waals surface area contributed by atoms with Crippen molar-refractivity contribution in [2.24, 2.45) is 0 Å². The molecular weight excluding hydrogens is 243 g/mol. The topological polar surface area (TPSA) is 53.5 Å². The Morgan fingerprint density at radius 1 is 1.47 bits per heavy atom. The zero-order valence-electron chi connectivity index (χ0n) is 9.50. The fraction of sp³-hybridized carbons (Fsp3) is 0.364. The van der Waals surface area contributed by atoms with Crippen LogP contribution in [0.15, 0.2) is 18.2 Å². The van der Waals surface area contributed by atoms with E-state index in [9.17, 15) is 4.39 Å². The van der Waals surface area contributed by atoms with Gasteiger partial charge in [-0.15, -0.1) is 0 Å². The van der Waals surface area contributed by atoms with Crippen molar-refractivity contribution >= 4 is 17.3 Å². The van der Waals surface area contributed by atoms with Crippen LogP contribution in [0.1, 0.15) is 5.56 Å². The molecule has 0 heterocycles. The summed E-state index contributed by atoms with van der Waals surface area (Å²) >= 11 is 4.96. The van der Waals surface area contributed by atoms with Crippen LogP contribution < -0.4 is 15.4 Å². The van der Waals surface area contributed by atoms with Crippen LogP contribution in [0.4, 0.5) is 4.39 Å². The van der Waals surface area contributed by atoms with Gasteiger partial charge in [0.15, 0.2) is 5.11 Å². The molecule has 0 amide bonds. The first-order chi connectivity index (χ1) is 8.17. The highest BCUT2D eigenvalue weighted by atomic mass is 32.1. The van der Waals surface area contributed by atoms with Gasteiger partial charge in [-0.05, 0) is 30.4 Å². The SMILES string of the molecule is COc1ccc(F)cc1CNC(=S)NCCO. The molecule has 1 aromatic carbocycles. The lowest BCUT2D eigenvalue weighted by Gasteiger charge is -2.12. The summed E-state index contributed by atoms with van der Waals surface area (Å²) in [6.07, 6.45) is 0. The first kappa shape index (κ1) is 13.7. The Morgan fingerprint density at radius 2 is 2.24 bits per heavy atom. The van der Waals surface area contributed by atoms with Gasteiger partial charge in [-0.3, -0.25) is 0 Å². The minimum atomic E-state index is -0.322. The number of aliphatic hydroxyl groups is 1. The van der Waals surface area contributed by atoms with Crippen LogP contribution in [-0.4, -0.2) is 30.5 Å². The van der Waals surface area contributed by atoms with Crippen LogP contribution in [0.2, 0.25) is 0 Å². The molecule has 0 radical (unpaired) electrons. The molecule has 6 heteroatoms. The number of halogens is 1. The minimum absolute atomic E-state index is 0.00507. The van der Waals surface area contributed by atoms with Gasteiger partial charge in [0.25, 0.3) is 0 Å². The average molecular weight is 258 g/mol. The van der Waals surface area contributed by atoms with E-state index in [0.29, 0.717) is 29.5 Å². The molecule has 0 atom stereocenters. The molecule has 1 aromatic rings. The van der Waals surface area contributed by atoms with Crippen molar-refractivity contribution in [1.29, 1.82) is 0 Å². The second-order valence-corrected chi connectivity index (χ2v) is 3.70. The molecular formula is C11H15FN2O2S. The highest BCUT2D eigenvalue weighted by Crippen LogP contribution is 2.18. The minimum Gasteiger partial charge on any atom is -0.496 e. The van der Waals surface area contributed by atoms with E-state index >= 15 is 0 Å². The van der Waals surface area contributed by atoms with Gasteiger partial charge in [-0.1, -0.05) is 0 Å². The number of hydrogen-bond donors (Lipinski definition) is 3. The summed E-state index contributed by atoms with van der Waals surface area (Å²) in [6.45, 7) is 0.745. The molecule has 0 bridgehead atoms.